The number of hydrogen-bond donors (Lipinski definition) is 0. The monoisotopic (exact) mass is 654 g/mol. The fourth-order valence-electron chi connectivity index (χ4n) is 1.55. The summed E-state index contributed by atoms with van der Waals surface area (Å²) in [6.07, 6.45) is 0. The van der Waals surface area contributed by atoms with Gasteiger partial charge in [0.25, 0.3) is 0 Å². The molecule has 1 rings (SSSR count). The van der Waals surface area contributed by atoms with Gasteiger partial charge < -0.3 is 18.9 Å². The number of esters is 4. The zero-order valence-electron chi connectivity index (χ0n) is 20.1. The molecule has 8 nitrogen and oxygen atoms in total. The standard InChI is InChI=1S/C10H14O4.C9H9BrO2.C5H8O2.HI/c1-7(2)9(11)13-5-6-14-10(12)8(3)4;1-12-9(11)8(10)7-5-3-2-4-6-7;1-4(2)5(6)7-3;/h1,3,5-6H2,2,4H3;2-6,8H,1H3;1H2,2-3H3;1H. The number of ether oxygens (including phenoxy) is 4. The van der Waals surface area contributed by atoms with Crippen LogP contribution in [0.5, 0.6) is 0 Å². The highest BCUT2D eigenvalue weighted by atomic mass is 127. The van der Waals surface area contributed by atoms with Crippen molar-refractivity contribution in [1.82, 2.24) is 0 Å². The Bertz CT molecular complexity index is 809. The van der Waals surface area contributed by atoms with Crippen molar-refractivity contribution in [1.29, 1.82) is 0 Å². The lowest BCUT2D eigenvalue weighted by Crippen LogP contribution is -2.14. The van der Waals surface area contributed by atoms with Crippen molar-refractivity contribution >= 4 is 63.8 Å². The molecule has 0 radical (unpaired) electrons. The van der Waals surface area contributed by atoms with Gasteiger partial charge >= 0.3 is 23.9 Å². The Morgan fingerprint density at radius 1 is 0.765 bits per heavy atom. The average Bonchev–Trinajstić information content (AvgIpc) is 2.80. The largest absolute Gasteiger partial charge is 0.468 e. The van der Waals surface area contributed by atoms with Crippen LogP contribution >= 0.6 is 39.9 Å². The van der Waals surface area contributed by atoms with Crippen molar-refractivity contribution in [3.63, 3.8) is 0 Å². The van der Waals surface area contributed by atoms with Gasteiger partial charge in [-0.15, -0.1) is 24.0 Å². The molecule has 0 aliphatic rings. The van der Waals surface area contributed by atoms with Crippen LogP contribution < -0.4 is 0 Å². The molecule has 0 amide bonds. The number of carbonyl (C=O) groups excluding carboxylic acids is 4. The first-order valence-corrected chi connectivity index (χ1v) is 10.5. The predicted molar refractivity (Wildman–Crippen MR) is 144 cm³/mol. The number of rotatable bonds is 8. The van der Waals surface area contributed by atoms with Crippen LogP contribution in [0.3, 0.4) is 0 Å². The molecule has 190 valence electrons. The van der Waals surface area contributed by atoms with Crippen molar-refractivity contribution in [2.45, 2.75) is 25.6 Å². The van der Waals surface area contributed by atoms with Crippen molar-refractivity contribution in [3.8, 4) is 0 Å². The van der Waals surface area contributed by atoms with Crippen LogP contribution in [0.1, 0.15) is 31.2 Å². The van der Waals surface area contributed by atoms with E-state index in [1.807, 2.05) is 30.3 Å². The van der Waals surface area contributed by atoms with E-state index in [1.54, 1.807) is 20.8 Å². The highest BCUT2D eigenvalue weighted by Gasteiger charge is 2.16. The molecule has 0 saturated heterocycles. The summed E-state index contributed by atoms with van der Waals surface area (Å²) in [6, 6.07) is 9.41. The average molecular weight is 655 g/mol. The number of halogens is 2. The van der Waals surface area contributed by atoms with E-state index in [-0.39, 0.29) is 54.0 Å². The Hall–Kier alpha value is -2.47. The number of methoxy groups -OCH3 is 2. The first-order chi connectivity index (χ1) is 15.4. The molecule has 0 N–H and O–H groups in total. The van der Waals surface area contributed by atoms with E-state index in [0.29, 0.717) is 16.7 Å². The minimum absolute atomic E-state index is 0. The molecule has 1 unspecified atom stereocenters. The lowest BCUT2D eigenvalue weighted by molar-refractivity contribution is -0.147. The van der Waals surface area contributed by atoms with E-state index in [2.05, 4.69) is 54.6 Å². The Balaban J connectivity index is -0.000000439. The van der Waals surface area contributed by atoms with Gasteiger partial charge in [0, 0.05) is 16.7 Å². The highest BCUT2D eigenvalue weighted by Crippen LogP contribution is 2.23. The van der Waals surface area contributed by atoms with E-state index >= 15 is 0 Å². The summed E-state index contributed by atoms with van der Waals surface area (Å²) in [5.74, 6) is -1.60. The van der Waals surface area contributed by atoms with Gasteiger partial charge in [0.05, 0.1) is 14.2 Å². The first kappa shape index (κ1) is 36.1. The molecule has 0 heterocycles. The minimum Gasteiger partial charge on any atom is -0.468 e. The second kappa shape index (κ2) is 21.1. The molecular weight excluding hydrogens is 623 g/mol. The second-order valence-electron chi connectivity index (χ2n) is 6.40. The van der Waals surface area contributed by atoms with Crippen LogP contribution in [0.25, 0.3) is 0 Å². The molecule has 0 aromatic heterocycles. The molecule has 0 bridgehead atoms. The smallest absolute Gasteiger partial charge is 0.333 e. The summed E-state index contributed by atoms with van der Waals surface area (Å²) in [6.45, 7) is 14.9. The number of alkyl halides is 1. The fourth-order valence-corrected chi connectivity index (χ4v) is 2.04. The predicted octanol–water partition coefficient (Wildman–Crippen LogP) is 4.87. The molecule has 0 aliphatic heterocycles. The number of carbonyl (C=O) groups is 4. The maximum Gasteiger partial charge on any atom is 0.333 e. The third kappa shape index (κ3) is 18.0. The van der Waals surface area contributed by atoms with E-state index < -0.39 is 11.9 Å². The van der Waals surface area contributed by atoms with Gasteiger partial charge in [-0.3, -0.25) is 4.79 Å². The number of benzene rings is 1. The van der Waals surface area contributed by atoms with Gasteiger partial charge in [-0.2, -0.15) is 0 Å². The molecule has 1 aromatic carbocycles. The zero-order chi connectivity index (χ0) is 26.0. The van der Waals surface area contributed by atoms with Crippen LogP contribution in [-0.4, -0.2) is 51.3 Å². The van der Waals surface area contributed by atoms with E-state index in [0.717, 1.165) is 5.56 Å². The van der Waals surface area contributed by atoms with E-state index in [4.69, 9.17) is 0 Å². The van der Waals surface area contributed by atoms with E-state index in [9.17, 15) is 19.2 Å². The second-order valence-corrected chi connectivity index (χ2v) is 7.32. The van der Waals surface area contributed by atoms with Gasteiger partial charge in [0.1, 0.15) is 18.0 Å². The van der Waals surface area contributed by atoms with Gasteiger partial charge in [0.2, 0.25) is 0 Å². The quantitative estimate of drug-likeness (QED) is 0.0976. The third-order valence-corrected chi connectivity index (χ3v) is 4.18. The molecule has 34 heavy (non-hydrogen) atoms. The molecule has 0 aliphatic carbocycles. The Labute approximate surface area is 226 Å². The summed E-state index contributed by atoms with van der Waals surface area (Å²) < 4.78 is 18.2. The first-order valence-electron chi connectivity index (χ1n) is 9.54. The normalized spacial score (nSPS) is 9.59. The SMILES string of the molecule is C=C(C)C(=O)OC.C=C(C)C(=O)OCCOC(=O)C(=C)C.COC(=O)C(Br)c1ccccc1.I. The van der Waals surface area contributed by atoms with Crippen LogP contribution in [-0.2, 0) is 38.1 Å². The fraction of sp³-hybridized carbons (Fsp3) is 0.333. The lowest BCUT2D eigenvalue weighted by atomic mass is 10.2. The summed E-state index contributed by atoms with van der Waals surface area (Å²) in [5.41, 5.74) is 1.97. The molecule has 10 heteroatoms. The van der Waals surface area contributed by atoms with Crippen molar-refractivity contribution < 1.29 is 38.1 Å². The minimum atomic E-state index is -0.489. The van der Waals surface area contributed by atoms with E-state index in [1.165, 1.54) is 14.2 Å². The van der Waals surface area contributed by atoms with Crippen LogP contribution in [0.15, 0.2) is 66.8 Å². The Morgan fingerprint density at radius 3 is 1.41 bits per heavy atom. The van der Waals surface area contributed by atoms with Gasteiger partial charge in [0.15, 0.2) is 0 Å². The van der Waals surface area contributed by atoms with Crippen LogP contribution in [0.2, 0.25) is 0 Å². The topological polar surface area (TPSA) is 105 Å². The summed E-state index contributed by atoms with van der Waals surface area (Å²) in [4.78, 5) is 42.6. The number of hydrogen-bond acceptors (Lipinski definition) is 8. The van der Waals surface area contributed by atoms with Crippen molar-refractivity contribution in [2.24, 2.45) is 0 Å². The highest BCUT2D eigenvalue weighted by molar-refractivity contribution is 14.0. The maximum absolute atomic E-state index is 11.0. The molecular formula is C24H32BrIO8. The van der Waals surface area contributed by atoms with Crippen LogP contribution in [0.4, 0.5) is 0 Å². The lowest BCUT2D eigenvalue weighted by Gasteiger charge is -2.06. The van der Waals surface area contributed by atoms with Crippen molar-refractivity contribution in [2.75, 3.05) is 27.4 Å². The van der Waals surface area contributed by atoms with Gasteiger partial charge in [-0.1, -0.05) is 66.0 Å². The Morgan fingerprint density at radius 2 is 1.15 bits per heavy atom. The summed E-state index contributed by atoms with van der Waals surface area (Å²) >= 11 is 3.24. The van der Waals surface area contributed by atoms with Crippen molar-refractivity contribution in [3.05, 3.63) is 72.4 Å². The van der Waals surface area contributed by atoms with Gasteiger partial charge in [-0.05, 0) is 26.3 Å². The molecule has 1 atom stereocenters. The molecule has 1 aromatic rings. The Kier molecular flexibility index (Phi) is 22.4. The third-order valence-electron chi connectivity index (χ3n) is 3.28. The maximum atomic E-state index is 11.0. The summed E-state index contributed by atoms with van der Waals surface area (Å²) in [5, 5.41) is 0. The zero-order valence-corrected chi connectivity index (χ0v) is 24.0. The summed E-state index contributed by atoms with van der Waals surface area (Å²) in [7, 11) is 2.70. The van der Waals surface area contributed by atoms with Crippen LogP contribution in [0, 0.1) is 0 Å². The molecule has 0 saturated carbocycles. The molecule has 0 fully saturated rings. The molecule has 0 spiro atoms. The van der Waals surface area contributed by atoms with Gasteiger partial charge in [-0.25, -0.2) is 14.4 Å².